The van der Waals surface area contributed by atoms with Gasteiger partial charge in [-0.3, -0.25) is 4.79 Å². The number of carbonyl (C=O) groups is 1. The first kappa shape index (κ1) is 12.3. The maximum atomic E-state index is 11.8. The Bertz CT molecular complexity index is 416. The highest BCUT2D eigenvalue weighted by Gasteiger charge is 2.18. The molecule has 4 nitrogen and oxygen atoms in total. The summed E-state index contributed by atoms with van der Waals surface area (Å²) in [5.41, 5.74) is 1.49. The summed E-state index contributed by atoms with van der Waals surface area (Å²) >= 11 is 5.76. The van der Waals surface area contributed by atoms with Crippen LogP contribution in [-0.4, -0.2) is 24.0 Å². The summed E-state index contributed by atoms with van der Waals surface area (Å²) in [6.07, 6.45) is 1.64. The molecule has 0 radical (unpaired) electrons. The number of rotatable bonds is 3. The fourth-order valence-electron chi connectivity index (χ4n) is 2.01. The second-order valence-corrected chi connectivity index (χ2v) is 4.77. The van der Waals surface area contributed by atoms with Gasteiger partial charge in [-0.2, -0.15) is 0 Å². The first-order valence-electron chi connectivity index (χ1n) is 5.79. The summed E-state index contributed by atoms with van der Waals surface area (Å²) in [5.74, 6) is 0.501. The van der Waals surface area contributed by atoms with Gasteiger partial charge >= 0.3 is 0 Å². The van der Waals surface area contributed by atoms with Crippen LogP contribution in [0.1, 0.15) is 18.5 Å². The molecule has 1 aliphatic rings. The standard InChI is InChI=1S/C12H16ClN3O/c1-8-10(2-3-11(13)15-8)16-12(17)6-9-4-5-14-7-9/h2-3,9,14H,4-7H2,1H3,(H,16,17). The number of aromatic nitrogens is 1. The predicted molar refractivity (Wildman–Crippen MR) is 68.2 cm³/mol. The number of anilines is 1. The van der Waals surface area contributed by atoms with Gasteiger partial charge in [-0.05, 0) is 44.5 Å². The SMILES string of the molecule is Cc1nc(Cl)ccc1NC(=O)CC1CCNC1. The van der Waals surface area contributed by atoms with Crippen molar-refractivity contribution in [2.24, 2.45) is 5.92 Å². The van der Waals surface area contributed by atoms with E-state index in [9.17, 15) is 4.79 Å². The quantitative estimate of drug-likeness (QED) is 0.810. The van der Waals surface area contributed by atoms with Crippen LogP contribution >= 0.6 is 11.6 Å². The van der Waals surface area contributed by atoms with Crippen LogP contribution in [0.2, 0.25) is 5.15 Å². The van der Waals surface area contributed by atoms with Crippen molar-refractivity contribution in [3.8, 4) is 0 Å². The number of halogens is 1. The van der Waals surface area contributed by atoms with E-state index in [1.165, 1.54) is 0 Å². The van der Waals surface area contributed by atoms with E-state index in [0.29, 0.717) is 17.5 Å². The summed E-state index contributed by atoms with van der Waals surface area (Å²) in [6, 6.07) is 3.47. The number of nitrogens with zero attached hydrogens (tertiary/aromatic N) is 1. The topological polar surface area (TPSA) is 54.0 Å². The minimum Gasteiger partial charge on any atom is -0.324 e. The number of aryl methyl sites for hydroxylation is 1. The second kappa shape index (κ2) is 5.47. The number of hydrogen-bond acceptors (Lipinski definition) is 3. The molecular weight excluding hydrogens is 238 g/mol. The van der Waals surface area contributed by atoms with Crippen molar-refractivity contribution in [2.75, 3.05) is 18.4 Å². The maximum absolute atomic E-state index is 11.8. The van der Waals surface area contributed by atoms with Crippen LogP contribution in [0.5, 0.6) is 0 Å². The average Bonchev–Trinajstić information content (AvgIpc) is 2.75. The minimum absolute atomic E-state index is 0.0472. The van der Waals surface area contributed by atoms with Crippen LogP contribution in [0.15, 0.2) is 12.1 Å². The zero-order valence-corrected chi connectivity index (χ0v) is 10.5. The van der Waals surface area contributed by atoms with E-state index in [2.05, 4.69) is 15.6 Å². The molecule has 1 aromatic rings. The largest absolute Gasteiger partial charge is 0.324 e. The van der Waals surface area contributed by atoms with Gasteiger partial charge in [-0.25, -0.2) is 4.98 Å². The molecule has 0 spiro atoms. The Labute approximate surface area is 106 Å². The van der Waals surface area contributed by atoms with Crippen LogP contribution in [0, 0.1) is 12.8 Å². The zero-order chi connectivity index (χ0) is 12.3. The van der Waals surface area contributed by atoms with E-state index in [1.807, 2.05) is 6.92 Å². The van der Waals surface area contributed by atoms with Crippen LogP contribution in [0.3, 0.4) is 0 Å². The van der Waals surface area contributed by atoms with Gasteiger partial charge in [0.1, 0.15) is 5.15 Å². The van der Waals surface area contributed by atoms with Crippen molar-refractivity contribution in [1.29, 1.82) is 0 Å². The minimum atomic E-state index is 0.0472. The Morgan fingerprint density at radius 1 is 1.65 bits per heavy atom. The van der Waals surface area contributed by atoms with E-state index >= 15 is 0 Å². The lowest BCUT2D eigenvalue weighted by molar-refractivity contribution is -0.116. The number of pyridine rings is 1. The summed E-state index contributed by atoms with van der Waals surface area (Å²) in [7, 11) is 0. The van der Waals surface area contributed by atoms with Crippen molar-refractivity contribution in [2.45, 2.75) is 19.8 Å². The summed E-state index contributed by atoms with van der Waals surface area (Å²) in [4.78, 5) is 15.9. The molecular formula is C12H16ClN3O. The van der Waals surface area contributed by atoms with E-state index < -0.39 is 0 Å². The molecule has 5 heteroatoms. The molecule has 0 saturated carbocycles. The summed E-state index contributed by atoms with van der Waals surface area (Å²) < 4.78 is 0. The molecule has 2 heterocycles. The van der Waals surface area contributed by atoms with Gasteiger partial charge in [0.05, 0.1) is 11.4 Å². The fraction of sp³-hybridized carbons (Fsp3) is 0.500. The number of hydrogen-bond donors (Lipinski definition) is 2. The van der Waals surface area contributed by atoms with E-state index in [1.54, 1.807) is 12.1 Å². The van der Waals surface area contributed by atoms with Crippen molar-refractivity contribution < 1.29 is 4.79 Å². The van der Waals surface area contributed by atoms with Gasteiger partial charge < -0.3 is 10.6 Å². The molecule has 92 valence electrons. The third kappa shape index (κ3) is 3.41. The van der Waals surface area contributed by atoms with Crippen molar-refractivity contribution >= 4 is 23.2 Å². The smallest absolute Gasteiger partial charge is 0.224 e. The zero-order valence-electron chi connectivity index (χ0n) is 9.79. The monoisotopic (exact) mass is 253 g/mol. The summed E-state index contributed by atoms with van der Waals surface area (Å²) in [6.45, 7) is 3.78. The van der Waals surface area contributed by atoms with Gasteiger partial charge in [0.15, 0.2) is 0 Å². The first-order chi connectivity index (χ1) is 8.15. The first-order valence-corrected chi connectivity index (χ1v) is 6.16. The Kier molecular flexibility index (Phi) is 3.97. The van der Waals surface area contributed by atoms with E-state index in [-0.39, 0.29) is 5.91 Å². The molecule has 1 saturated heterocycles. The molecule has 0 bridgehead atoms. The van der Waals surface area contributed by atoms with Crippen molar-refractivity contribution in [1.82, 2.24) is 10.3 Å². The molecule has 0 aliphatic carbocycles. The highest BCUT2D eigenvalue weighted by Crippen LogP contribution is 2.18. The number of nitrogens with one attached hydrogen (secondary N) is 2. The van der Waals surface area contributed by atoms with Crippen LogP contribution < -0.4 is 10.6 Å². The third-order valence-electron chi connectivity index (χ3n) is 2.96. The van der Waals surface area contributed by atoms with Crippen LogP contribution in [0.25, 0.3) is 0 Å². The normalized spacial score (nSPS) is 19.3. The van der Waals surface area contributed by atoms with E-state index in [4.69, 9.17) is 11.6 Å². The number of carbonyl (C=O) groups excluding carboxylic acids is 1. The molecule has 1 fully saturated rings. The molecule has 1 amide bonds. The van der Waals surface area contributed by atoms with E-state index in [0.717, 1.165) is 30.9 Å². The predicted octanol–water partition coefficient (Wildman–Crippen LogP) is 1.98. The highest BCUT2D eigenvalue weighted by atomic mass is 35.5. The Morgan fingerprint density at radius 3 is 3.12 bits per heavy atom. The highest BCUT2D eigenvalue weighted by molar-refractivity contribution is 6.29. The number of amides is 1. The van der Waals surface area contributed by atoms with Crippen molar-refractivity contribution in [3.05, 3.63) is 23.0 Å². The third-order valence-corrected chi connectivity index (χ3v) is 3.17. The molecule has 1 aliphatic heterocycles. The lowest BCUT2D eigenvalue weighted by atomic mass is 10.0. The Morgan fingerprint density at radius 2 is 2.47 bits per heavy atom. The lowest BCUT2D eigenvalue weighted by Crippen LogP contribution is -2.18. The Balaban J connectivity index is 1.93. The van der Waals surface area contributed by atoms with Gasteiger partial charge in [-0.1, -0.05) is 11.6 Å². The molecule has 2 rings (SSSR count). The molecule has 2 N–H and O–H groups in total. The van der Waals surface area contributed by atoms with Gasteiger partial charge in [0.2, 0.25) is 5.91 Å². The molecule has 17 heavy (non-hydrogen) atoms. The fourth-order valence-corrected chi connectivity index (χ4v) is 2.20. The second-order valence-electron chi connectivity index (χ2n) is 4.38. The summed E-state index contributed by atoms with van der Waals surface area (Å²) in [5, 5.41) is 6.57. The molecule has 0 aromatic carbocycles. The van der Waals surface area contributed by atoms with Gasteiger partial charge in [-0.15, -0.1) is 0 Å². The van der Waals surface area contributed by atoms with Crippen molar-refractivity contribution in [3.63, 3.8) is 0 Å². The molecule has 1 unspecified atom stereocenters. The Hall–Kier alpha value is -1.13. The lowest BCUT2D eigenvalue weighted by Gasteiger charge is -2.10. The molecule has 1 atom stereocenters. The van der Waals surface area contributed by atoms with Crippen LogP contribution in [-0.2, 0) is 4.79 Å². The maximum Gasteiger partial charge on any atom is 0.224 e. The van der Waals surface area contributed by atoms with Crippen LogP contribution in [0.4, 0.5) is 5.69 Å². The van der Waals surface area contributed by atoms with Gasteiger partial charge in [0.25, 0.3) is 0 Å². The average molecular weight is 254 g/mol. The van der Waals surface area contributed by atoms with Gasteiger partial charge in [0, 0.05) is 6.42 Å². The molecule has 1 aromatic heterocycles.